The summed E-state index contributed by atoms with van der Waals surface area (Å²) in [5.41, 5.74) is 0. The van der Waals surface area contributed by atoms with Gasteiger partial charge in [0.05, 0.1) is 25.4 Å². The second-order valence-electron chi connectivity index (χ2n) is 21.5. The van der Waals surface area contributed by atoms with E-state index in [-0.39, 0.29) is 12.5 Å². The topological polar surface area (TPSA) is 149 Å². The number of hydrogen-bond donors (Lipinski definition) is 6. The molecule has 0 radical (unpaired) electrons. The predicted molar refractivity (Wildman–Crippen MR) is 313 cm³/mol. The van der Waals surface area contributed by atoms with E-state index < -0.39 is 49.5 Å². The maximum absolute atomic E-state index is 13.1. The van der Waals surface area contributed by atoms with Crippen LogP contribution in [0.15, 0.2) is 72.9 Å². The van der Waals surface area contributed by atoms with Crippen molar-refractivity contribution < 1.29 is 39.8 Å². The largest absolute Gasteiger partial charge is 0.394 e. The molecule has 0 aliphatic carbocycles. The van der Waals surface area contributed by atoms with Gasteiger partial charge in [-0.1, -0.05) is 273 Å². The number of hydrogen-bond acceptors (Lipinski definition) is 8. The zero-order valence-corrected chi connectivity index (χ0v) is 47.8. The molecule has 1 amide bonds. The van der Waals surface area contributed by atoms with Gasteiger partial charge >= 0.3 is 0 Å². The van der Waals surface area contributed by atoms with Crippen LogP contribution in [0.25, 0.3) is 0 Å². The minimum atomic E-state index is -1.57. The van der Waals surface area contributed by atoms with E-state index in [1.54, 1.807) is 6.08 Å². The van der Waals surface area contributed by atoms with Gasteiger partial charge in [-0.3, -0.25) is 4.79 Å². The van der Waals surface area contributed by atoms with E-state index in [2.05, 4.69) is 79.9 Å². The van der Waals surface area contributed by atoms with Crippen molar-refractivity contribution in [1.29, 1.82) is 0 Å². The van der Waals surface area contributed by atoms with E-state index in [0.29, 0.717) is 6.42 Å². The van der Waals surface area contributed by atoms with Crippen LogP contribution in [-0.2, 0) is 14.3 Å². The van der Waals surface area contributed by atoms with Gasteiger partial charge in [-0.15, -0.1) is 0 Å². The Kier molecular flexibility index (Phi) is 50.8. The normalized spacial score (nSPS) is 19.5. The number of amides is 1. The SMILES string of the molecule is CC/C=C\C/C=C\C/C=C\C/C=C\CCCCCCCCCCCCCCCCCCCCCCCCC(=O)NC(COC1OC(CO)C(O)C(O)C1O)C(O)/C=C/CC/C=C/CCCCCCCCCCCC. The third-order valence-electron chi connectivity index (χ3n) is 14.5. The molecule has 7 unspecified atom stereocenters. The summed E-state index contributed by atoms with van der Waals surface area (Å²) in [5, 5.41) is 54.5. The second-order valence-corrected chi connectivity index (χ2v) is 21.5. The summed E-state index contributed by atoms with van der Waals surface area (Å²) in [6, 6.07) is -0.822. The molecule has 6 N–H and O–H groups in total. The molecule has 0 aromatic heterocycles. The van der Waals surface area contributed by atoms with Crippen molar-refractivity contribution in [1.82, 2.24) is 5.32 Å². The maximum Gasteiger partial charge on any atom is 0.220 e. The van der Waals surface area contributed by atoms with Crippen LogP contribution in [0.1, 0.15) is 277 Å². The molecule has 1 aliphatic heterocycles. The van der Waals surface area contributed by atoms with Crippen molar-refractivity contribution in [3.05, 3.63) is 72.9 Å². The van der Waals surface area contributed by atoms with Crippen molar-refractivity contribution in [3.63, 3.8) is 0 Å². The van der Waals surface area contributed by atoms with Gasteiger partial charge < -0.3 is 40.3 Å². The molecule has 9 heteroatoms. The van der Waals surface area contributed by atoms with Crippen molar-refractivity contribution in [2.75, 3.05) is 13.2 Å². The molecule has 430 valence electrons. The summed E-state index contributed by atoms with van der Waals surface area (Å²) in [6.07, 6.45) is 68.5. The smallest absolute Gasteiger partial charge is 0.220 e. The summed E-state index contributed by atoms with van der Waals surface area (Å²) in [5.74, 6) is -0.184. The van der Waals surface area contributed by atoms with Crippen LogP contribution in [0, 0.1) is 0 Å². The molecule has 1 rings (SSSR count). The van der Waals surface area contributed by atoms with Gasteiger partial charge in [-0.25, -0.2) is 0 Å². The summed E-state index contributed by atoms with van der Waals surface area (Å²) in [7, 11) is 0. The van der Waals surface area contributed by atoms with E-state index >= 15 is 0 Å². The third-order valence-corrected chi connectivity index (χ3v) is 14.5. The van der Waals surface area contributed by atoms with E-state index in [0.717, 1.165) is 64.2 Å². The number of carbonyl (C=O) groups excluding carboxylic acids is 1. The molecular weight excluding hydrogens is 923 g/mol. The zero-order valence-electron chi connectivity index (χ0n) is 47.8. The maximum atomic E-state index is 13.1. The van der Waals surface area contributed by atoms with Crippen LogP contribution in [0.5, 0.6) is 0 Å². The molecule has 0 aromatic rings. The molecule has 1 fully saturated rings. The van der Waals surface area contributed by atoms with Crippen LogP contribution in [0.3, 0.4) is 0 Å². The standard InChI is InChI=1S/C65H117NO8/c1-3-5-7-9-11-13-15-17-19-21-22-23-24-25-26-27-28-29-30-31-32-33-34-35-36-37-38-39-41-43-45-47-49-51-53-55-61(69)66-58(57-73-65-64(72)63(71)62(70)60(56-67)74-65)59(68)54-52-50-48-46-44-42-40-20-18-16-14-12-10-8-6-4-2/h5,7,11,13,17,19,22-23,44,46,52,54,58-60,62-65,67-68,70-72H,3-4,6,8-10,12,14-16,18,20-21,24-43,45,47-51,53,55-57H2,1-2H3,(H,66,69)/b7-5-,13-11-,19-17-,23-22-,46-44+,54-52+. The molecule has 0 aromatic carbocycles. The van der Waals surface area contributed by atoms with Crippen LogP contribution < -0.4 is 5.32 Å². The number of ether oxygens (including phenoxy) is 2. The fraction of sp³-hybridized carbons (Fsp3) is 0.800. The first kappa shape index (κ1) is 69.6. The summed E-state index contributed by atoms with van der Waals surface area (Å²) in [6.45, 7) is 3.66. The summed E-state index contributed by atoms with van der Waals surface area (Å²) >= 11 is 0. The summed E-state index contributed by atoms with van der Waals surface area (Å²) < 4.78 is 11.3. The van der Waals surface area contributed by atoms with Gasteiger partial charge in [0.1, 0.15) is 24.4 Å². The van der Waals surface area contributed by atoms with E-state index in [1.165, 1.54) is 193 Å². The Morgan fingerprint density at radius 1 is 0.473 bits per heavy atom. The van der Waals surface area contributed by atoms with Crippen molar-refractivity contribution in [2.45, 2.75) is 320 Å². The Bertz CT molecular complexity index is 1390. The lowest BCUT2D eigenvalue weighted by molar-refractivity contribution is -0.302. The number of aliphatic hydroxyl groups is 5. The molecule has 9 nitrogen and oxygen atoms in total. The van der Waals surface area contributed by atoms with Crippen molar-refractivity contribution in [2.24, 2.45) is 0 Å². The van der Waals surface area contributed by atoms with E-state index in [9.17, 15) is 30.3 Å². The molecule has 0 saturated carbocycles. The highest BCUT2D eigenvalue weighted by Gasteiger charge is 2.44. The average Bonchev–Trinajstić information content (AvgIpc) is 3.40. The number of aliphatic hydroxyl groups excluding tert-OH is 5. The van der Waals surface area contributed by atoms with Gasteiger partial charge in [0.15, 0.2) is 6.29 Å². The van der Waals surface area contributed by atoms with E-state index in [4.69, 9.17) is 9.47 Å². The minimum Gasteiger partial charge on any atom is -0.394 e. The summed E-state index contributed by atoms with van der Waals surface area (Å²) in [4.78, 5) is 13.1. The number of unbranched alkanes of at least 4 members (excludes halogenated alkanes) is 33. The lowest BCUT2D eigenvalue weighted by Gasteiger charge is -2.40. The first-order valence-corrected chi connectivity index (χ1v) is 31.2. The first-order valence-electron chi connectivity index (χ1n) is 31.2. The lowest BCUT2D eigenvalue weighted by Crippen LogP contribution is -2.60. The number of allylic oxidation sites excluding steroid dienone is 11. The second kappa shape index (κ2) is 54.0. The lowest BCUT2D eigenvalue weighted by atomic mass is 9.99. The molecule has 1 heterocycles. The van der Waals surface area contributed by atoms with Gasteiger partial charge in [0, 0.05) is 6.42 Å². The highest BCUT2D eigenvalue weighted by molar-refractivity contribution is 5.76. The van der Waals surface area contributed by atoms with Crippen LogP contribution in [0.2, 0.25) is 0 Å². The molecule has 0 spiro atoms. The Labute approximate surface area is 455 Å². The molecule has 1 saturated heterocycles. The molecule has 7 atom stereocenters. The average molecular weight is 1040 g/mol. The van der Waals surface area contributed by atoms with Gasteiger partial charge in [-0.2, -0.15) is 0 Å². The Morgan fingerprint density at radius 2 is 0.851 bits per heavy atom. The minimum absolute atomic E-state index is 0.184. The van der Waals surface area contributed by atoms with Crippen LogP contribution in [0.4, 0.5) is 0 Å². The monoisotopic (exact) mass is 1040 g/mol. The van der Waals surface area contributed by atoms with Crippen molar-refractivity contribution in [3.8, 4) is 0 Å². The third kappa shape index (κ3) is 42.7. The highest BCUT2D eigenvalue weighted by atomic mass is 16.7. The zero-order chi connectivity index (χ0) is 53.6. The Morgan fingerprint density at radius 3 is 1.30 bits per heavy atom. The number of nitrogens with one attached hydrogen (secondary N) is 1. The van der Waals surface area contributed by atoms with E-state index in [1.807, 2.05) is 6.08 Å². The quantitative estimate of drug-likeness (QED) is 0.0261. The fourth-order valence-electron chi connectivity index (χ4n) is 9.64. The first-order chi connectivity index (χ1) is 36.3. The Balaban J connectivity index is 2.11. The molecule has 1 aliphatic rings. The molecule has 74 heavy (non-hydrogen) atoms. The molecule has 0 bridgehead atoms. The predicted octanol–water partition coefficient (Wildman–Crippen LogP) is 16.0. The number of carbonyl (C=O) groups is 1. The van der Waals surface area contributed by atoms with Crippen molar-refractivity contribution >= 4 is 5.91 Å². The highest BCUT2D eigenvalue weighted by Crippen LogP contribution is 2.23. The van der Waals surface area contributed by atoms with Crippen LogP contribution >= 0.6 is 0 Å². The number of rotatable bonds is 53. The van der Waals surface area contributed by atoms with Gasteiger partial charge in [-0.05, 0) is 70.6 Å². The molecular formula is C65H117NO8. The Hall–Kier alpha value is -2.37. The van der Waals surface area contributed by atoms with Gasteiger partial charge in [0.2, 0.25) is 5.91 Å². The van der Waals surface area contributed by atoms with Crippen LogP contribution in [-0.4, -0.2) is 87.5 Å². The fourth-order valence-corrected chi connectivity index (χ4v) is 9.64. The van der Waals surface area contributed by atoms with Gasteiger partial charge in [0.25, 0.3) is 0 Å².